The number of nitrogens with zero attached hydrogens (tertiary/aromatic N) is 5. The van der Waals surface area contributed by atoms with Gasteiger partial charge in [0.25, 0.3) is 11.9 Å². The highest BCUT2D eigenvalue weighted by molar-refractivity contribution is 7.17. The maximum absolute atomic E-state index is 13.3. The van der Waals surface area contributed by atoms with Crippen LogP contribution < -0.4 is 15.1 Å². The van der Waals surface area contributed by atoms with Crippen molar-refractivity contribution in [1.82, 2.24) is 15.0 Å². The van der Waals surface area contributed by atoms with E-state index in [1.165, 1.54) is 11.3 Å². The number of morpholine rings is 1. The largest absolute Gasteiger partial charge is 0.422 e. The van der Waals surface area contributed by atoms with E-state index >= 15 is 0 Å². The Kier molecular flexibility index (Phi) is 6.04. The molecular formula is C25H26N6O4S. The van der Waals surface area contributed by atoms with Crippen molar-refractivity contribution in [2.24, 2.45) is 0 Å². The summed E-state index contributed by atoms with van der Waals surface area (Å²) in [5.74, 6) is 0.350. The lowest BCUT2D eigenvalue weighted by Crippen LogP contribution is -2.36. The molecule has 0 spiro atoms. The quantitative estimate of drug-likeness (QED) is 0.420. The van der Waals surface area contributed by atoms with Crippen molar-refractivity contribution in [2.45, 2.75) is 19.4 Å². The van der Waals surface area contributed by atoms with E-state index in [0.29, 0.717) is 79.4 Å². The van der Waals surface area contributed by atoms with Crippen LogP contribution in [0, 0.1) is 6.92 Å². The second-order valence-corrected chi connectivity index (χ2v) is 10.1. The first-order valence-electron chi connectivity index (χ1n) is 11.9. The number of ether oxygens (including phenoxy) is 1. The van der Waals surface area contributed by atoms with Crippen LogP contribution in [0.2, 0.25) is 0 Å². The number of nitrogens with one attached hydrogen (secondary N) is 1. The topological polar surface area (TPSA) is 117 Å². The van der Waals surface area contributed by atoms with E-state index in [9.17, 15) is 9.90 Å². The smallest absolute Gasteiger partial charge is 0.300 e. The monoisotopic (exact) mass is 506 g/mol. The molecule has 2 saturated heterocycles. The number of carbonyl (C=O) groups is 1. The third kappa shape index (κ3) is 4.52. The number of thiophene rings is 1. The molecule has 6 heterocycles. The fourth-order valence-electron chi connectivity index (χ4n) is 4.50. The molecule has 0 bridgehead atoms. The van der Waals surface area contributed by atoms with Crippen LogP contribution in [0.25, 0.3) is 21.7 Å². The number of hydrogen-bond acceptors (Lipinski definition) is 10. The van der Waals surface area contributed by atoms with Crippen molar-refractivity contribution >= 4 is 46.0 Å². The Morgan fingerprint density at radius 2 is 2.00 bits per heavy atom. The summed E-state index contributed by atoms with van der Waals surface area (Å²) in [6, 6.07) is 9.97. The Morgan fingerprint density at radius 3 is 2.78 bits per heavy atom. The Morgan fingerprint density at radius 1 is 1.14 bits per heavy atom. The number of β-amino-alcohol motifs (C(OH)–C–C–N with tert-alkyl or cyclic N) is 1. The van der Waals surface area contributed by atoms with Gasteiger partial charge in [0, 0.05) is 49.0 Å². The fraction of sp³-hybridized carbons (Fsp3) is 0.360. The average Bonchev–Trinajstić information content (AvgIpc) is 3.63. The van der Waals surface area contributed by atoms with Gasteiger partial charge in [-0.15, -0.1) is 11.3 Å². The Hall–Kier alpha value is -3.54. The normalized spacial score (nSPS) is 18.2. The predicted molar refractivity (Wildman–Crippen MR) is 138 cm³/mol. The van der Waals surface area contributed by atoms with Gasteiger partial charge in [-0.1, -0.05) is 0 Å². The number of anilines is 3. The van der Waals surface area contributed by atoms with Crippen LogP contribution in [0.15, 0.2) is 40.9 Å². The molecule has 6 rings (SSSR count). The lowest BCUT2D eigenvalue weighted by molar-refractivity contribution is 0.103. The molecule has 0 saturated carbocycles. The SMILES string of the molecule is Cc1cc(-c2ccc(C(=O)Nc3cc4oc(N5CCOCC5)nc4nc3N3CC[C@H](O)C3)s2)ccn1. The molecule has 0 aromatic carbocycles. The first-order chi connectivity index (χ1) is 17.5. The number of amides is 1. The standard InChI is InChI=1S/C25H26N6O4S/c1-15-12-16(4-6-26-15)20-2-3-21(36-20)24(33)27-18-13-19-22(28-23(18)31-7-5-17(32)14-31)29-25(35-19)30-8-10-34-11-9-30/h2-4,6,12-13,17,32H,5,7-11,14H2,1H3,(H,27,33)/t17-/m0/s1. The molecule has 186 valence electrons. The highest BCUT2D eigenvalue weighted by atomic mass is 32.1. The van der Waals surface area contributed by atoms with Gasteiger partial charge in [-0.25, -0.2) is 4.98 Å². The number of aliphatic hydroxyl groups is 1. The van der Waals surface area contributed by atoms with E-state index in [4.69, 9.17) is 14.1 Å². The molecule has 0 aliphatic carbocycles. The lowest BCUT2D eigenvalue weighted by Gasteiger charge is -2.24. The Bertz CT molecular complexity index is 1410. The van der Waals surface area contributed by atoms with Crippen molar-refractivity contribution in [3.8, 4) is 10.4 Å². The van der Waals surface area contributed by atoms with Crippen molar-refractivity contribution in [3.63, 3.8) is 0 Å². The summed E-state index contributed by atoms with van der Waals surface area (Å²) in [4.78, 5) is 32.4. The molecule has 10 nitrogen and oxygen atoms in total. The van der Waals surface area contributed by atoms with E-state index in [-0.39, 0.29) is 5.91 Å². The highest BCUT2D eigenvalue weighted by Crippen LogP contribution is 2.34. The molecule has 11 heteroatoms. The molecule has 1 atom stereocenters. The number of fused-ring (bicyclic) bond motifs is 1. The molecule has 36 heavy (non-hydrogen) atoms. The zero-order valence-electron chi connectivity index (χ0n) is 19.8. The zero-order valence-corrected chi connectivity index (χ0v) is 20.6. The molecule has 2 aliphatic rings. The number of aliphatic hydroxyl groups excluding tert-OH is 1. The second-order valence-electron chi connectivity index (χ2n) is 8.97. The maximum atomic E-state index is 13.3. The first-order valence-corrected chi connectivity index (χ1v) is 12.8. The Balaban J connectivity index is 1.31. The summed E-state index contributed by atoms with van der Waals surface area (Å²) in [6.07, 6.45) is 1.98. The number of carbonyl (C=O) groups excluding carboxylic acids is 1. The lowest BCUT2D eigenvalue weighted by atomic mass is 10.2. The van der Waals surface area contributed by atoms with Gasteiger partial charge in [0.2, 0.25) is 5.65 Å². The predicted octanol–water partition coefficient (Wildman–Crippen LogP) is 3.31. The summed E-state index contributed by atoms with van der Waals surface area (Å²) < 4.78 is 11.4. The molecule has 2 fully saturated rings. The van der Waals surface area contributed by atoms with E-state index in [1.807, 2.05) is 41.0 Å². The van der Waals surface area contributed by atoms with Gasteiger partial charge in [0.05, 0.1) is 29.9 Å². The number of hydrogen-bond donors (Lipinski definition) is 2. The van der Waals surface area contributed by atoms with Crippen LogP contribution in [-0.4, -0.2) is 71.5 Å². The summed E-state index contributed by atoms with van der Waals surface area (Å²) in [5.41, 5.74) is 3.44. The third-order valence-corrected chi connectivity index (χ3v) is 7.49. The third-order valence-electron chi connectivity index (χ3n) is 6.35. The van der Waals surface area contributed by atoms with Crippen molar-refractivity contribution < 1.29 is 19.1 Å². The number of pyridine rings is 2. The van der Waals surface area contributed by atoms with Crippen LogP contribution >= 0.6 is 11.3 Å². The molecule has 1 amide bonds. The minimum atomic E-state index is -0.434. The van der Waals surface area contributed by atoms with Gasteiger partial charge >= 0.3 is 0 Å². The van der Waals surface area contributed by atoms with Crippen molar-refractivity contribution in [2.75, 3.05) is 54.5 Å². The number of oxazole rings is 1. The number of rotatable bonds is 5. The van der Waals surface area contributed by atoms with Crippen molar-refractivity contribution in [3.05, 3.63) is 47.1 Å². The molecule has 2 N–H and O–H groups in total. The molecule has 2 aliphatic heterocycles. The van der Waals surface area contributed by atoms with Gasteiger partial charge < -0.3 is 29.4 Å². The highest BCUT2D eigenvalue weighted by Gasteiger charge is 2.27. The van der Waals surface area contributed by atoms with Gasteiger partial charge in [-0.05, 0) is 43.2 Å². The minimum absolute atomic E-state index is 0.230. The van der Waals surface area contributed by atoms with Crippen LogP contribution in [0.3, 0.4) is 0 Å². The number of aryl methyl sites for hydroxylation is 1. The van der Waals surface area contributed by atoms with Crippen LogP contribution in [-0.2, 0) is 4.74 Å². The van der Waals surface area contributed by atoms with Gasteiger partial charge in [-0.3, -0.25) is 9.78 Å². The fourth-order valence-corrected chi connectivity index (χ4v) is 5.40. The summed E-state index contributed by atoms with van der Waals surface area (Å²) >= 11 is 1.42. The summed E-state index contributed by atoms with van der Waals surface area (Å²) in [6.45, 7) is 5.65. The Labute approximate surface area is 211 Å². The summed E-state index contributed by atoms with van der Waals surface area (Å²) in [5, 5.41) is 13.1. The molecule has 0 unspecified atom stereocenters. The summed E-state index contributed by atoms with van der Waals surface area (Å²) in [7, 11) is 0. The van der Waals surface area contributed by atoms with E-state index in [2.05, 4.69) is 15.3 Å². The van der Waals surface area contributed by atoms with Gasteiger partial charge in [-0.2, -0.15) is 4.98 Å². The zero-order chi connectivity index (χ0) is 24.6. The average molecular weight is 507 g/mol. The van der Waals surface area contributed by atoms with E-state index in [0.717, 1.165) is 16.1 Å². The van der Waals surface area contributed by atoms with Crippen molar-refractivity contribution in [1.29, 1.82) is 0 Å². The van der Waals surface area contributed by atoms with Gasteiger partial charge in [0.1, 0.15) is 0 Å². The molecular weight excluding hydrogens is 480 g/mol. The van der Waals surface area contributed by atoms with E-state index < -0.39 is 6.10 Å². The van der Waals surface area contributed by atoms with Crippen LogP contribution in [0.1, 0.15) is 21.8 Å². The second kappa shape index (κ2) is 9.49. The molecule has 0 radical (unpaired) electrons. The first kappa shape index (κ1) is 22.9. The molecule has 4 aromatic heterocycles. The van der Waals surface area contributed by atoms with Crippen LogP contribution in [0.5, 0.6) is 0 Å². The van der Waals surface area contributed by atoms with E-state index in [1.54, 1.807) is 12.3 Å². The van der Waals surface area contributed by atoms with Crippen LogP contribution in [0.4, 0.5) is 17.5 Å². The minimum Gasteiger partial charge on any atom is -0.422 e. The number of aromatic nitrogens is 3. The maximum Gasteiger partial charge on any atom is 0.300 e. The molecule has 4 aromatic rings. The van der Waals surface area contributed by atoms with Gasteiger partial charge in [0.15, 0.2) is 11.4 Å².